The zero-order valence-corrected chi connectivity index (χ0v) is 24.2. The zero-order valence-electron chi connectivity index (χ0n) is 24.2. The Labute approximate surface area is 223 Å². The predicted molar refractivity (Wildman–Crippen MR) is 150 cm³/mol. The number of ether oxygens (including phenoxy) is 2. The van der Waals surface area contributed by atoms with Crippen LogP contribution in [0.3, 0.4) is 0 Å². The van der Waals surface area contributed by atoms with E-state index in [4.69, 9.17) is 9.47 Å². The summed E-state index contributed by atoms with van der Waals surface area (Å²) in [5.74, 6) is 0.233. The van der Waals surface area contributed by atoms with Gasteiger partial charge in [0.05, 0.1) is 0 Å². The summed E-state index contributed by atoms with van der Waals surface area (Å²) in [7, 11) is 0. The molecule has 0 aromatic carbocycles. The van der Waals surface area contributed by atoms with Crippen LogP contribution in [0.2, 0.25) is 0 Å². The summed E-state index contributed by atoms with van der Waals surface area (Å²) in [5, 5.41) is 9.91. The van der Waals surface area contributed by atoms with E-state index in [1.807, 2.05) is 0 Å². The summed E-state index contributed by atoms with van der Waals surface area (Å²) in [4.78, 5) is 23.7. The molecule has 5 nitrogen and oxygen atoms in total. The second-order valence-corrected chi connectivity index (χ2v) is 11.1. The SMILES string of the molecule is CCCCCCCCCCCCCCC(=O)OC[C@H](O)COC(=O)CCCCCCCCCC(C)C. The molecule has 0 aromatic heterocycles. The molecule has 0 aromatic rings. The first-order valence-corrected chi connectivity index (χ1v) is 15.4. The van der Waals surface area contributed by atoms with Gasteiger partial charge in [0.15, 0.2) is 0 Å². The number of hydrogen-bond acceptors (Lipinski definition) is 5. The molecule has 0 fully saturated rings. The van der Waals surface area contributed by atoms with Crippen molar-refractivity contribution in [3.8, 4) is 0 Å². The van der Waals surface area contributed by atoms with Crippen LogP contribution < -0.4 is 0 Å². The molecule has 0 spiro atoms. The summed E-state index contributed by atoms with van der Waals surface area (Å²) in [6.07, 6.45) is 24.4. The number of carbonyl (C=O) groups excluding carboxylic acids is 2. The van der Waals surface area contributed by atoms with Crippen molar-refractivity contribution in [3.63, 3.8) is 0 Å². The maximum absolute atomic E-state index is 11.8. The third-order valence-corrected chi connectivity index (χ3v) is 6.77. The minimum Gasteiger partial charge on any atom is -0.463 e. The van der Waals surface area contributed by atoms with Gasteiger partial charge in [-0.05, 0) is 18.8 Å². The molecule has 0 rings (SSSR count). The number of unbranched alkanes of at least 4 members (excludes halogenated alkanes) is 17. The van der Waals surface area contributed by atoms with E-state index in [1.165, 1.54) is 96.3 Å². The summed E-state index contributed by atoms with van der Waals surface area (Å²) in [5.41, 5.74) is 0. The van der Waals surface area contributed by atoms with Crippen LogP contribution in [0, 0.1) is 5.92 Å². The highest BCUT2D eigenvalue weighted by Gasteiger charge is 2.12. The second-order valence-electron chi connectivity index (χ2n) is 11.1. The highest BCUT2D eigenvalue weighted by Crippen LogP contribution is 2.14. The summed E-state index contributed by atoms with van der Waals surface area (Å²) in [6.45, 7) is 6.57. The molecule has 0 saturated heterocycles. The van der Waals surface area contributed by atoms with E-state index in [-0.39, 0.29) is 25.2 Å². The molecule has 0 aliphatic rings. The monoisotopic (exact) mass is 512 g/mol. The third kappa shape index (κ3) is 27.5. The molecule has 0 unspecified atom stereocenters. The van der Waals surface area contributed by atoms with Crippen LogP contribution in [0.1, 0.15) is 162 Å². The smallest absolute Gasteiger partial charge is 0.305 e. The van der Waals surface area contributed by atoms with E-state index in [1.54, 1.807) is 0 Å². The Morgan fingerprint density at radius 3 is 1.25 bits per heavy atom. The van der Waals surface area contributed by atoms with Gasteiger partial charge in [-0.2, -0.15) is 0 Å². The van der Waals surface area contributed by atoms with Gasteiger partial charge >= 0.3 is 11.9 Å². The van der Waals surface area contributed by atoms with E-state index in [9.17, 15) is 14.7 Å². The molecule has 0 radical (unpaired) electrons. The average molecular weight is 513 g/mol. The van der Waals surface area contributed by atoms with Crippen LogP contribution in [0.4, 0.5) is 0 Å². The Kier molecular flexibility index (Phi) is 26.1. The van der Waals surface area contributed by atoms with Crippen molar-refractivity contribution >= 4 is 11.9 Å². The molecular weight excluding hydrogens is 452 g/mol. The molecule has 36 heavy (non-hydrogen) atoms. The lowest BCUT2D eigenvalue weighted by atomic mass is 10.0. The molecule has 5 heteroatoms. The van der Waals surface area contributed by atoms with Crippen LogP contribution in [0.15, 0.2) is 0 Å². The number of carbonyl (C=O) groups is 2. The van der Waals surface area contributed by atoms with Crippen molar-refractivity contribution in [3.05, 3.63) is 0 Å². The predicted octanol–water partition coefficient (Wildman–Crippen LogP) is 8.69. The van der Waals surface area contributed by atoms with Crippen LogP contribution in [0.25, 0.3) is 0 Å². The first-order valence-electron chi connectivity index (χ1n) is 15.4. The molecule has 0 aliphatic carbocycles. The Hall–Kier alpha value is -1.10. The maximum atomic E-state index is 11.8. The quantitative estimate of drug-likeness (QED) is 0.0880. The molecule has 0 heterocycles. The molecule has 0 bridgehead atoms. The summed E-state index contributed by atoms with van der Waals surface area (Å²) < 4.78 is 10.2. The van der Waals surface area contributed by atoms with Gasteiger partial charge < -0.3 is 14.6 Å². The molecule has 0 aliphatic heterocycles. The van der Waals surface area contributed by atoms with Gasteiger partial charge in [0.25, 0.3) is 0 Å². The number of hydrogen-bond donors (Lipinski definition) is 1. The van der Waals surface area contributed by atoms with Crippen molar-refractivity contribution in [1.29, 1.82) is 0 Å². The molecule has 0 amide bonds. The second kappa shape index (κ2) is 26.9. The van der Waals surface area contributed by atoms with Crippen LogP contribution in [-0.2, 0) is 19.1 Å². The van der Waals surface area contributed by atoms with E-state index < -0.39 is 6.10 Å². The minimum atomic E-state index is -0.953. The average Bonchev–Trinajstić information content (AvgIpc) is 2.85. The first-order chi connectivity index (χ1) is 17.5. The van der Waals surface area contributed by atoms with Gasteiger partial charge in [-0.25, -0.2) is 0 Å². The first kappa shape index (κ1) is 34.9. The van der Waals surface area contributed by atoms with Gasteiger partial charge in [0.2, 0.25) is 0 Å². The van der Waals surface area contributed by atoms with Crippen molar-refractivity contribution in [2.45, 2.75) is 168 Å². The van der Waals surface area contributed by atoms with Gasteiger partial charge in [0, 0.05) is 12.8 Å². The lowest BCUT2D eigenvalue weighted by Gasteiger charge is -2.12. The number of aliphatic hydroxyl groups excluding tert-OH is 1. The highest BCUT2D eigenvalue weighted by atomic mass is 16.6. The Bertz CT molecular complexity index is 491. The standard InChI is InChI=1S/C31H60O5/c1-4-5-6-7-8-9-10-11-12-15-18-21-24-30(33)35-26-29(32)27-36-31(34)25-22-19-16-13-14-17-20-23-28(2)3/h28-29,32H,4-27H2,1-3H3/t29-/m0/s1. The minimum absolute atomic E-state index is 0.110. The normalized spacial score (nSPS) is 12.1. The fraction of sp³-hybridized carbons (Fsp3) is 0.935. The topological polar surface area (TPSA) is 72.8 Å². The van der Waals surface area contributed by atoms with Gasteiger partial charge in [-0.15, -0.1) is 0 Å². The fourth-order valence-corrected chi connectivity index (χ4v) is 4.39. The lowest BCUT2D eigenvalue weighted by molar-refractivity contribution is -0.152. The largest absolute Gasteiger partial charge is 0.463 e. The van der Waals surface area contributed by atoms with Crippen molar-refractivity contribution < 1.29 is 24.2 Å². The Morgan fingerprint density at radius 2 is 0.889 bits per heavy atom. The van der Waals surface area contributed by atoms with Gasteiger partial charge in [-0.1, -0.05) is 136 Å². The van der Waals surface area contributed by atoms with Crippen LogP contribution >= 0.6 is 0 Å². The van der Waals surface area contributed by atoms with E-state index in [0.717, 1.165) is 38.0 Å². The Balaban J connectivity index is 3.43. The van der Waals surface area contributed by atoms with Crippen LogP contribution in [0.5, 0.6) is 0 Å². The Morgan fingerprint density at radius 1 is 0.556 bits per heavy atom. The van der Waals surface area contributed by atoms with E-state index in [2.05, 4.69) is 20.8 Å². The van der Waals surface area contributed by atoms with E-state index in [0.29, 0.717) is 12.8 Å². The lowest BCUT2D eigenvalue weighted by Crippen LogP contribution is -2.25. The van der Waals surface area contributed by atoms with Gasteiger partial charge in [0.1, 0.15) is 19.3 Å². The molecule has 214 valence electrons. The van der Waals surface area contributed by atoms with Crippen LogP contribution in [-0.4, -0.2) is 36.4 Å². The molecule has 0 saturated carbocycles. The molecule has 1 N–H and O–H groups in total. The van der Waals surface area contributed by atoms with Gasteiger partial charge in [-0.3, -0.25) is 9.59 Å². The van der Waals surface area contributed by atoms with E-state index >= 15 is 0 Å². The highest BCUT2D eigenvalue weighted by molar-refractivity contribution is 5.69. The fourth-order valence-electron chi connectivity index (χ4n) is 4.39. The maximum Gasteiger partial charge on any atom is 0.305 e. The number of aliphatic hydroxyl groups is 1. The summed E-state index contributed by atoms with van der Waals surface area (Å²) in [6, 6.07) is 0. The van der Waals surface area contributed by atoms with Crippen molar-refractivity contribution in [1.82, 2.24) is 0 Å². The van der Waals surface area contributed by atoms with Crippen molar-refractivity contribution in [2.75, 3.05) is 13.2 Å². The summed E-state index contributed by atoms with van der Waals surface area (Å²) >= 11 is 0. The zero-order chi connectivity index (χ0) is 26.7. The molecular formula is C31H60O5. The number of esters is 2. The van der Waals surface area contributed by atoms with Crippen molar-refractivity contribution in [2.24, 2.45) is 5.92 Å². The number of rotatable bonds is 27. The molecule has 1 atom stereocenters. The third-order valence-electron chi connectivity index (χ3n) is 6.77.